The summed E-state index contributed by atoms with van der Waals surface area (Å²) in [6.45, 7) is 1.79. The number of piperidine rings is 1. The first-order chi connectivity index (χ1) is 22.0. The van der Waals surface area contributed by atoms with Crippen LogP contribution in [0.15, 0.2) is 18.2 Å². The molecule has 242 valence electrons. The molecule has 0 aliphatic carbocycles. The van der Waals surface area contributed by atoms with Crippen LogP contribution in [-0.4, -0.2) is 64.3 Å². The molecule has 3 aliphatic heterocycles. The van der Waals surface area contributed by atoms with E-state index in [0.29, 0.717) is 38.8 Å². The molecule has 2 aromatic carbocycles. The second-order valence-electron chi connectivity index (χ2n) is 12.3. The van der Waals surface area contributed by atoms with Gasteiger partial charge in [-0.25, -0.2) is 18.2 Å². The molecule has 0 spiro atoms. The highest BCUT2D eigenvalue weighted by molar-refractivity contribution is 7.22. The molecular weight excluding hydrogens is 632 g/mol. The van der Waals surface area contributed by atoms with Crippen molar-refractivity contribution in [3.8, 4) is 23.2 Å². The van der Waals surface area contributed by atoms with E-state index in [0.717, 1.165) is 42.5 Å². The summed E-state index contributed by atoms with van der Waals surface area (Å²) in [6.07, 6.45) is -2.66. The first kappa shape index (κ1) is 30.7. The average molecular weight is 662 g/mol. The van der Waals surface area contributed by atoms with Crippen molar-refractivity contribution in [2.24, 2.45) is 5.92 Å². The quantitative estimate of drug-likeness (QED) is 0.223. The zero-order valence-corrected chi connectivity index (χ0v) is 25.3. The van der Waals surface area contributed by atoms with E-state index in [1.54, 1.807) is 4.90 Å². The third kappa shape index (κ3) is 5.25. The van der Waals surface area contributed by atoms with Crippen molar-refractivity contribution in [2.45, 2.75) is 56.4 Å². The summed E-state index contributed by atoms with van der Waals surface area (Å²) in [4.78, 5) is 16.7. The molecule has 46 heavy (non-hydrogen) atoms. The van der Waals surface area contributed by atoms with Crippen molar-refractivity contribution < 1.29 is 31.1 Å². The van der Waals surface area contributed by atoms with Gasteiger partial charge in [-0.3, -0.25) is 4.90 Å². The molecule has 0 amide bonds. The number of benzene rings is 2. The van der Waals surface area contributed by atoms with Gasteiger partial charge in [-0.15, -0.1) is 0 Å². The van der Waals surface area contributed by atoms with Gasteiger partial charge in [0.2, 0.25) is 0 Å². The maximum Gasteiger partial charge on any atom is 0.417 e. The predicted molar refractivity (Wildman–Crippen MR) is 161 cm³/mol. The van der Waals surface area contributed by atoms with Crippen LogP contribution < -0.4 is 15.4 Å². The zero-order chi connectivity index (χ0) is 32.4. The molecule has 2 N–H and O–H groups in total. The SMILES string of the molecule is N#CCC1CCN(c2nc(OC[C@@]34CCCN3C[C@H](F)C4)nc3c(F)c(-c4ccc(F)c5sc(N)nc45)c(C(F)(F)F)cc23)CC1. The van der Waals surface area contributed by atoms with E-state index in [1.807, 2.05) is 4.90 Å². The lowest BCUT2D eigenvalue weighted by molar-refractivity contribution is -0.137. The van der Waals surface area contributed by atoms with Crippen LogP contribution in [0.4, 0.5) is 37.3 Å². The summed E-state index contributed by atoms with van der Waals surface area (Å²) in [7, 11) is 0. The van der Waals surface area contributed by atoms with Crippen LogP contribution in [0.2, 0.25) is 0 Å². The molecule has 3 aliphatic rings. The standard InChI is InChI=1S/C31H29F6N7OS/c32-17-13-30(7-1-9-44(30)14-17)15-45-29-41-24-19(27(42-29)43-10-5-16(4-8-38)6-11-43)12-20(31(35,36)37)22(23(24)34)18-2-3-21(33)26-25(18)40-28(39)46-26/h2-3,12,16-17H,1,4-7,9-11,13-15H2,(H2,39,40)/t17-,30+/m1/s1. The molecule has 2 atom stereocenters. The lowest BCUT2D eigenvalue weighted by Crippen LogP contribution is -2.43. The molecule has 0 unspecified atom stereocenters. The van der Waals surface area contributed by atoms with Gasteiger partial charge in [0.15, 0.2) is 10.9 Å². The molecule has 0 bridgehead atoms. The Morgan fingerprint density at radius 1 is 1.11 bits per heavy atom. The van der Waals surface area contributed by atoms with Crippen LogP contribution in [0, 0.1) is 28.9 Å². The predicted octanol–water partition coefficient (Wildman–Crippen LogP) is 6.87. The first-order valence-corrected chi connectivity index (χ1v) is 15.9. The Balaban J connectivity index is 1.40. The smallest absolute Gasteiger partial charge is 0.417 e. The number of nitriles is 1. The Kier molecular flexibility index (Phi) is 7.63. The molecule has 3 saturated heterocycles. The van der Waals surface area contributed by atoms with Crippen LogP contribution in [0.5, 0.6) is 6.01 Å². The van der Waals surface area contributed by atoms with Crippen LogP contribution >= 0.6 is 11.3 Å². The highest BCUT2D eigenvalue weighted by Crippen LogP contribution is 2.47. The Morgan fingerprint density at radius 3 is 2.63 bits per heavy atom. The highest BCUT2D eigenvalue weighted by Gasteiger charge is 2.49. The number of thiazole rings is 1. The molecule has 7 rings (SSSR count). The van der Waals surface area contributed by atoms with Gasteiger partial charge in [-0.1, -0.05) is 11.3 Å². The fourth-order valence-electron chi connectivity index (χ4n) is 7.30. The summed E-state index contributed by atoms with van der Waals surface area (Å²) in [5, 5.41) is 8.89. The Hall–Kier alpha value is -3.90. The Bertz CT molecular complexity index is 1870. The minimum atomic E-state index is -5.02. The van der Waals surface area contributed by atoms with Crippen LogP contribution in [-0.2, 0) is 6.18 Å². The maximum absolute atomic E-state index is 16.8. The number of aromatic nitrogens is 3. The van der Waals surface area contributed by atoms with Crippen molar-refractivity contribution in [3.05, 3.63) is 35.4 Å². The molecule has 8 nitrogen and oxygen atoms in total. The van der Waals surface area contributed by atoms with Crippen LogP contribution in [0.25, 0.3) is 32.2 Å². The number of rotatable bonds is 6. The van der Waals surface area contributed by atoms with Gasteiger partial charge in [-0.05, 0) is 56.3 Å². The molecule has 0 radical (unpaired) electrons. The molecule has 0 saturated carbocycles. The Labute approximate surface area is 263 Å². The summed E-state index contributed by atoms with van der Waals surface area (Å²) in [6, 6.07) is 4.75. The topological polar surface area (TPSA) is 104 Å². The largest absolute Gasteiger partial charge is 0.461 e. The van der Waals surface area contributed by atoms with E-state index in [1.165, 1.54) is 0 Å². The lowest BCUT2D eigenvalue weighted by Gasteiger charge is -2.33. The summed E-state index contributed by atoms with van der Waals surface area (Å²) in [5.74, 6) is -1.84. The van der Waals surface area contributed by atoms with Crippen molar-refractivity contribution in [1.82, 2.24) is 19.9 Å². The molecule has 5 heterocycles. The number of nitrogens with two attached hydrogens (primary N) is 1. The van der Waals surface area contributed by atoms with Gasteiger partial charge < -0.3 is 15.4 Å². The molecular formula is C31H29F6N7OS. The monoisotopic (exact) mass is 661 g/mol. The van der Waals surface area contributed by atoms with Crippen molar-refractivity contribution in [2.75, 3.05) is 43.4 Å². The normalized spacial score (nSPS) is 22.5. The van der Waals surface area contributed by atoms with Gasteiger partial charge in [0.1, 0.15) is 29.9 Å². The third-order valence-corrected chi connectivity index (χ3v) is 10.4. The van der Waals surface area contributed by atoms with E-state index >= 15 is 4.39 Å². The van der Waals surface area contributed by atoms with Crippen molar-refractivity contribution in [1.29, 1.82) is 5.26 Å². The summed E-state index contributed by atoms with van der Waals surface area (Å²) in [5.41, 5.74) is 2.19. The number of halogens is 6. The molecule has 3 fully saturated rings. The first-order valence-electron chi connectivity index (χ1n) is 15.1. The minimum absolute atomic E-state index is 0.0361. The second kappa shape index (κ2) is 11.4. The van der Waals surface area contributed by atoms with Gasteiger partial charge in [0, 0.05) is 49.0 Å². The average Bonchev–Trinajstić information content (AvgIpc) is 3.68. The van der Waals surface area contributed by atoms with Crippen LogP contribution in [0.3, 0.4) is 0 Å². The number of anilines is 2. The number of ether oxygens (including phenoxy) is 1. The number of nitrogens with zero attached hydrogens (tertiary/aromatic N) is 6. The second-order valence-corrected chi connectivity index (χ2v) is 13.3. The van der Waals surface area contributed by atoms with E-state index in [-0.39, 0.29) is 63.6 Å². The van der Waals surface area contributed by atoms with Gasteiger partial charge >= 0.3 is 12.2 Å². The minimum Gasteiger partial charge on any atom is -0.461 e. The third-order valence-electron chi connectivity index (χ3n) is 9.50. The van der Waals surface area contributed by atoms with Crippen molar-refractivity contribution >= 4 is 43.4 Å². The Morgan fingerprint density at radius 2 is 1.89 bits per heavy atom. The fraction of sp³-hybridized carbons (Fsp3) is 0.484. The zero-order valence-electron chi connectivity index (χ0n) is 24.5. The number of nitrogen functional groups attached to an aromatic ring is 1. The number of hydrogen-bond donors (Lipinski definition) is 1. The number of hydrogen-bond acceptors (Lipinski definition) is 9. The summed E-state index contributed by atoms with van der Waals surface area (Å²) < 4.78 is 96.0. The van der Waals surface area contributed by atoms with E-state index in [2.05, 4.69) is 21.0 Å². The van der Waals surface area contributed by atoms with Gasteiger partial charge in [-0.2, -0.15) is 28.4 Å². The molecule has 15 heteroatoms. The van der Waals surface area contributed by atoms with E-state index in [4.69, 9.17) is 15.7 Å². The fourth-order valence-corrected chi connectivity index (χ4v) is 8.07. The van der Waals surface area contributed by atoms with E-state index in [9.17, 15) is 22.0 Å². The van der Waals surface area contributed by atoms with Gasteiger partial charge in [0.25, 0.3) is 0 Å². The van der Waals surface area contributed by atoms with Crippen LogP contribution in [0.1, 0.15) is 44.1 Å². The van der Waals surface area contributed by atoms with Crippen molar-refractivity contribution in [3.63, 3.8) is 0 Å². The molecule has 4 aromatic rings. The van der Waals surface area contributed by atoms with Gasteiger partial charge in [0.05, 0.1) is 27.4 Å². The molecule has 2 aromatic heterocycles. The highest BCUT2D eigenvalue weighted by atomic mass is 32.1. The number of alkyl halides is 4. The maximum atomic E-state index is 16.8. The lowest BCUT2D eigenvalue weighted by atomic mass is 9.93. The number of fused-ring (bicyclic) bond motifs is 3. The van der Waals surface area contributed by atoms with E-state index < -0.39 is 46.2 Å². The summed E-state index contributed by atoms with van der Waals surface area (Å²) >= 11 is 0.748.